The van der Waals surface area contributed by atoms with E-state index in [0.717, 1.165) is 50.1 Å². The number of carbonyl (C=O) groups excluding carboxylic acids is 1. The Morgan fingerprint density at radius 3 is 2.54 bits per heavy atom. The van der Waals surface area contributed by atoms with Crippen molar-refractivity contribution in [3.8, 4) is 0 Å². The first-order chi connectivity index (χ1) is 11.5. The molecule has 0 radical (unpaired) electrons. The standard InChI is InChI=1S/C17H28N6O/c1-5-18-17(23-10-8-22(9-11-23)14(2)24)20-13-15-6-7-19-16(12-15)21(3)4/h6-7,12H,5,8-11,13H2,1-4H3,(H,18,20). The van der Waals surface area contributed by atoms with Crippen LogP contribution in [-0.2, 0) is 11.3 Å². The molecule has 0 spiro atoms. The topological polar surface area (TPSA) is 64.1 Å². The Labute approximate surface area is 144 Å². The summed E-state index contributed by atoms with van der Waals surface area (Å²) >= 11 is 0. The number of aromatic nitrogens is 1. The zero-order valence-corrected chi connectivity index (χ0v) is 15.1. The van der Waals surface area contributed by atoms with Gasteiger partial charge in [-0.15, -0.1) is 0 Å². The van der Waals surface area contributed by atoms with Gasteiger partial charge in [-0.25, -0.2) is 9.98 Å². The number of rotatable bonds is 4. The van der Waals surface area contributed by atoms with E-state index >= 15 is 0 Å². The van der Waals surface area contributed by atoms with Crippen molar-refractivity contribution in [3.63, 3.8) is 0 Å². The van der Waals surface area contributed by atoms with Gasteiger partial charge in [0.1, 0.15) is 5.82 Å². The smallest absolute Gasteiger partial charge is 0.219 e. The first-order valence-electron chi connectivity index (χ1n) is 8.42. The van der Waals surface area contributed by atoms with E-state index in [4.69, 9.17) is 4.99 Å². The van der Waals surface area contributed by atoms with Crippen LogP contribution in [0.4, 0.5) is 5.82 Å². The molecule has 132 valence electrons. The molecule has 2 heterocycles. The molecule has 1 N–H and O–H groups in total. The number of piperazine rings is 1. The number of nitrogens with one attached hydrogen (secondary N) is 1. The molecule has 7 nitrogen and oxygen atoms in total. The van der Waals surface area contributed by atoms with E-state index in [1.165, 1.54) is 0 Å². The van der Waals surface area contributed by atoms with Crippen LogP contribution in [-0.4, -0.2) is 73.5 Å². The summed E-state index contributed by atoms with van der Waals surface area (Å²) in [4.78, 5) is 26.6. The van der Waals surface area contributed by atoms with Gasteiger partial charge in [0.05, 0.1) is 6.54 Å². The molecule has 1 aliphatic heterocycles. The molecular weight excluding hydrogens is 304 g/mol. The molecule has 1 amide bonds. The SMILES string of the molecule is CCNC(=NCc1ccnc(N(C)C)c1)N1CCN(C(C)=O)CC1. The van der Waals surface area contributed by atoms with Crippen molar-refractivity contribution < 1.29 is 4.79 Å². The maximum Gasteiger partial charge on any atom is 0.219 e. The van der Waals surface area contributed by atoms with Gasteiger partial charge in [0.15, 0.2) is 5.96 Å². The van der Waals surface area contributed by atoms with Crippen molar-refractivity contribution in [2.75, 3.05) is 51.7 Å². The second kappa shape index (κ2) is 8.52. The quantitative estimate of drug-likeness (QED) is 0.652. The Balaban J connectivity index is 2.03. The molecule has 1 aliphatic rings. The molecule has 0 unspecified atom stereocenters. The number of hydrogen-bond acceptors (Lipinski definition) is 4. The fourth-order valence-corrected chi connectivity index (χ4v) is 2.63. The molecule has 1 aromatic rings. The second-order valence-corrected chi connectivity index (χ2v) is 6.08. The molecular formula is C17H28N6O. The number of guanidine groups is 1. The molecule has 0 bridgehead atoms. The van der Waals surface area contributed by atoms with Gasteiger partial charge in [0, 0.05) is 59.9 Å². The molecule has 0 atom stereocenters. The summed E-state index contributed by atoms with van der Waals surface area (Å²) in [6, 6.07) is 4.05. The van der Waals surface area contributed by atoms with Gasteiger partial charge in [0.2, 0.25) is 5.91 Å². The van der Waals surface area contributed by atoms with E-state index < -0.39 is 0 Å². The molecule has 7 heteroatoms. The molecule has 0 saturated carbocycles. The van der Waals surface area contributed by atoms with Crippen LogP contribution in [0.15, 0.2) is 23.3 Å². The van der Waals surface area contributed by atoms with Crippen molar-refractivity contribution in [1.29, 1.82) is 0 Å². The number of anilines is 1. The Bertz CT molecular complexity index is 578. The predicted octanol–water partition coefficient (Wildman–Crippen LogP) is 0.777. The van der Waals surface area contributed by atoms with Crippen LogP contribution < -0.4 is 10.2 Å². The van der Waals surface area contributed by atoms with Crippen molar-refractivity contribution in [1.82, 2.24) is 20.1 Å². The fourth-order valence-electron chi connectivity index (χ4n) is 2.63. The molecule has 1 saturated heterocycles. The number of amides is 1. The van der Waals surface area contributed by atoms with E-state index in [1.807, 2.05) is 36.2 Å². The number of aliphatic imine (C=N–C) groups is 1. The van der Waals surface area contributed by atoms with Gasteiger partial charge in [-0.05, 0) is 24.6 Å². The molecule has 0 aliphatic carbocycles. The third-order valence-corrected chi connectivity index (χ3v) is 4.04. The largest absolute Gasteiger partial charge is 0.363 e. The lowest BCUT2D eigenvalue weighted by Crippen LogP contribution is -2.53. The van der Waals surface area contributed by atoms with Crippen molar-refractivity contribution in [3.05, 3.63) is 23.9 Å². The minimum absolute atomic E-state index is 0.143. The average molecular weight is 332 g/mol. The van der Waals surface area contributed by atoms with Gasteiger partial charge in [-0.1, -0.05) is 0 Å². The number of hydrogen-bond donors (Lipinski definition) is 1. The fraction of sp³-hybridized carbons (Fsp3) is 0.588. The van der Waals surface area contributed by atoms with E-state index in [-0.39, 0.29) is 5.91 Å². The normalized spacial score (nSPS) is 15.4. The third kappa shape index (κ3) is 4.84. The van der Waals surface area contributed by atoms with Gasteiger partial charge in [-0.2, -0.15) is 0 Å². The summed E-state index contributed by atoms with van der Waals surface area (Å²) in [5.41, 5.74) is 1.13. The van der Waals surface area contributed by atoms with Gasteiger partial charge < -0.3 is 20.0 Å². The third-order valence-electron chi connectivity index (χ3n) is 4.04. The Kier molecular flexibility index (Phi) is 6.40. The van der Waals surface area contributed by atoms with E-state index in [0.29, 0.717) is 6.54 Å². The highest BCUT2D eigenvalue weighted by atomic mass is 16.2. The summed E-state index contributed by atoms with van der Waals surface area (Å²) in [6.45, 7) is 8.25. The molecule has 1 aromatic heterocycles. The number of carbonyl (C=O) groups is 1. The molecule has 2 rings (SSSR count). The van der Waals surface area contributed by atoms with Crippen LogP contribution in [0.5, 0.6) is 0 Å². The summed E-state index contributed by atoms with van der Waals surface area (Å²) in [6.07, 6.45) is 1.82. The van der Waals surface area contributed by atoms with E-state index in [1.54, 1.807) is 6.92 Å². The number of nitrogens with zero attached hydrogens (tertiary/aromatic N) is 5. The maximum absolute atomic E-state index is 11.5. The lowest BCUT2D eigenvalue weighted by Gasteiger charge is -2.36. The minimum Gasteiger partial charge on any atom is -0.363 e. The summed E-state index contributed by atoms with van der Waals surface area (Å²) < 4.78 is 0. The summed E-state index contributed by atoms with van der Waals surface area (Å²) in [5.74, 6) is 1.98. The Hall–Kier alpha value is -2.31. The summed E-state index contributed by atoms with van der Waals surface area (Å²) in [7, 11) is 3.96. The van der Waals surface area contributed by atoms with Crippen LogP contribution in [0, 0.1) is 0 Å². The van der Waals surface area contributed by atoms with Gasteiger partial charge in [0.25, 0.3) is 0 Å². The van der Waals surface area contributed by atoms with Crippen molar-refractivity contribution >= 4 is 17.7 Å². The van der Waals surface area contributed by atoms with Gasteiger partial charge in [-0.3, -0.25) is 4.79 Å². The predicted molar refractivity (Wildman–Crippen MR) is 97.2 cm³/mol. The van der Waals surface area contributed by atoms with Crippen LogP contribution in [0.1, 0.15) is 19.4 Å². The van der Waals surface area contributed by atoms with E-state index in [9.17, 15) is 4.79 Å². The second-order valence-electron chi connectivity index (χ2n) is 6.08. The Morgan fingerprint density at radius 1 is 1.29 bits per heavy atom. The van der Waals surface area contributed by atoms with E-state index in [2.05, 4.69) is 28.2 Å². The summed E-state index contributed by atoms with van der Waals surface area (Å²) in [5, 5.41) is 3.35. The van der Waals surface area contributed by atoms with Crippen LogP contribution in [0.3, 0.4) is 0 Å². The van der Waals surface area contributed by atoms with Crippen LogP contribution in [0.2, 0.25) is 0 Å². The highest BCUT2D eigenvalue weighted by molar-refractivity contribution is 5.80. The van der Waals surface area contributed by atoms with Crippen molar-refractivity contribution in [2.24, 2.45) is 4.99 Å². The molecule has 0 aromatic carbocycles. The van der Waals surface area contributed by atoms with Crippen LogP contribution >= 0.6 is 0 Å². The monoisotopic (exact) mass is 332 g/mol. The average Bonchev–Trinajstić information content (AvgIpc) is 2.59. The zero-order valence-electron chi connectivity index (χ0n) is 15.1. The zero-order chi connectivity index (χ0) is 17.5. The lowest BCUT2D eigenvalue weighted by atomic mass is 10.2. The van der Waals surface area contributed by atoms with Crippen molar-refractivity contribution in [2.45, 2.75) is 20.4 Å². The highest BCUT2D eigenvalue weighted by Crippen LogP contribution is 2.11. The maximum atomic E-state index is 11.5. The molecule has 1 fully saturated rings. The lowest BCUT2D eigenvalue weighted by molar-refractivity contribution is -0.130. The highest BCUT2D eigenvalue weighted by Gasteiger charge is 2.20. The van der Waals surface area contributed by atoms with Gasteiger partial charge >= 0.3 is 0 Å². The first-order valence-corrected chi connectivity index (χ1v) is 8.42. The Morgan fingerprint density at radius 2 is 1.96 bits per heavy atom. The molecule has 24 heavy (non-hydrogen) atoms. The van der Waals surface area contributed by atoms with Crippen LogP contribution in [0.25, 0.3) is 0 Å². The number of pyridine rings is 1. The minimum atomic E-state index is 0.143. The first kappa shape index (κ1) is 18.0.